The van der Waals surface area contributed by atoms with Crippen molar-refractivity contribution in [1.29, 1.82) is 0 Å². The topological polar surface area (TPSA) is 29.1 Å². The molecule has 0 saturated carbocycles. The second-order valence-corrected chi connectivity index (χ2v) is 9.41. The molecule has 2 rings (SSSR count). The van der Waals surface area contributed by atoms with E-state index >= 15 is 0 Å². The largest absolute Gasteiger partial charge is 0.319 e. The van der Waals surface area contributed by atoms with E-state index in [1.807, 2.05) is 36.4 Å². The molecule has 0 aliphatic rings. The average Bonchev–Trinajstić information content (AvgIpc) is 2.42. The second kappa shape index (κ2) is 6.98. The van der Waals surface area contributed by atoms with E-state index in [-0.39, 0.29) is 0 Å². The van der Waals surface area contributed by atoms with Gasteiger partial charge in [0.05, 0.1) is 10.0 Å². The van der Waals surface area contributed by atoms with Crippen LogP contribution in [0.4, 0.5) is 0 Å². The molecule has 0 aliphatic carbocycles. The number of nitrogens with one attached hydrogen (secondary N) is 1. The van der Waals surface area contributed by atoms with Gasteiger partial charge in [-0.05, 0) is 42.7 Å². The first-order valence-electron chi connectivity index (χ1n) is 6.65. The van der Waals surface area contributed by atoms with Crippen LogP contribution in [0.1, 0.15) is 11.1 Å². The lowest BCUT2D eigenvalue weighted by Gasteiger charge is -2.10. The van der Waals surface area contributed by atoms with Crippen LogP contribution in [0, 0.1) is 0 Å². The predicted octanol–water partition coefficient (Wildman–Crippen LogP) is 4.53. The third-order valence-corrected chi connectivity index (χ3v) is 5.44. The lowest BCUT2D eigenvalue weighted by molar-refractivity contribution is 0.588. The zero-order valence-corrected chi connectivity index (χ0v) is 14.5. The smallest absolute Gasteiger partial charge is 0.109 e. The van der Waals surface area contributed by atoms with Crippen molar-refractivity contribution in [3.8, 4) is 0 Å². The first-order valence-corrected chi connectivity index (χ1v) is 10.0. The van der Waals surface area contributed by atoms with Gasteiger partial charge in [-0.1, -0.05) is 47.5 Å². The van der Waals surface area contributed by atoms with E-state index in [9.17, 15) is 4.57 Å². The zero-order chi connectivity index (χ0) is 15.5. The van der Waals surface area contributed by atoms with Crippen LogP contribution >= 0.6 is 30.3 Å². The van der Waals surface area contributed by atoms with E-state index in [1.54, 1.807) is 19.4 Å². The molecule has 0 unspecified atom stereocenters. The fourth-order valence-electron chi connectivity index (χ4n) is 2.00. The fourth-order valence-corrected chi connectivity index (χ4v) is 3.24. The Kier molecular flexibility index (Phi) is 5.51. The van der Waals surface area contributed by atoms with Crippen LogP contribution in [0.5, 0.6) is 0 Å². The number of hydrogen-bond donors (Lipinski definition) is 1. The standard InChI is InChI=1S/C16H18Cl2NOP/c1-21(2,20)14-5-3-4-12(8-14)10-19-11-13-6-7-15(17)16(18)9-13/h3-9,19H,10-11H2,1-2H3. The molecule has 0 aromatic heterocycles. The molecule has 0 saturated heterocycles. The molecule has 0 aliphatic heterocycles. The van der Waals surface area contributed by atoms with Gasteiger partial charge in [0.2, 0.25) is 0 Å². The molecule has 1 N–H and O–H groups in total. The molecule has 0 radical (unpaired) electrons. The highest BCUT2D eigenvalue weighted by atomic mass is 35.5. The van der Waals surface area contributed by atoms with Crippen LogP contribution in [-0.4, -0.2) is 13.3 Å². The Hall–Kier alpha value is -0.790. The molecule has 0 amide bonds. The summed E-state index contributed by atoms with van der Waals surface area (Å²) < 4.78 is 12.1. The third kappa shape index (κ3) is 4.86. The molecular weight excluding hydrogens is 324 g/mol. The van der Waals surface area contributed by atoms with Crippen molar-refractivity contribution in [2.45, 2.75) is 13.1 Å². The molecule has 0 atom stereocenters. The highest BCUT2D eigenvalue weighted by Crippen LogP contribution is 2.34. The second-order valence-electron chi connectivity index (χ2n) is 5.37. The van der Waals surface area contributed by atoms with Crippen molar-refractivity contribution in [2.75, 3.05) is 13.3 Å². The number of rotatable bonds is 5. The molecule has 5 heteroatoms. The lowest BCUT2D eigenvalue weighted by Crippen LogP contribution is -2.14. The van der Waals surface area contributed by atoms with Crippen LogP contribution in [0.2, 0.25) is 10.0 Å². The summed E-state index contributed by atoms with van der Waals surface area (Å²) in [7, 11) is -2.21. The molecule has 0 fully saturated rings. The van der Waals surface area contributed by atoms with Crippen molar-refractivity contribution in [3.05, 3.63) is 63.6 Å². The van der Waals surface area contributed by atoms with E-state index in [2.05, 4.69) is 5.32 Å². The molecule has 2 aromatic rings. The van der Waals surface area contributed by atoms with Crippen LogP contribution in [0.15, 0.2) is 42.5 Å². The third-order valence-electron chi connectivity index (χ3n) is 3.17. The predicted molar refractivity (Wildman–Crippen MR) is 92.5 cm³/mol. The van der Waals surface area contributed by atoms with Gasteiger partial charge in [0, 0.05) is 18.4 Å². The van der Waals surface area contributed by atoms with Gasteiger partial charge in [-0.25, -0.2) is 0 Å². The van der Waals surface area contributed by atoms with Gasteiger partial charge in [-0.2, -0.15) is 0 Å². The summed E-state index contributed by atoms with van der Waals surface area (Å²) in [5, 5.41) is 5.40. The van der Waals surface area contributed by atoms with Crippen molar-refractivity contribution < 1.29 is 4.57 Å². The molecule has 2 aromatic carbocycles. The molecule has 0 bridgehead atoms. The van der Waals surface area contributed by atoms with Gasteiger partial charge in [0.25, 0.3) is 0 Å². The first-order chi connectivity index (χ1) is 9.86. The Labute approximate surface area is 135 Å². The van der Waals surface area contributed by atoms with E-state index in [1.165, 1.54) is 0 Å². The number of hydrogen-bond acceptors (Lipinski definition) is 2. The Morgan fingerprint density at radius 3 is 2.24 bits per heavy atom. The van der Waals surface area contributed by atoms with Crippen molar-refractivity contribution >= 4 is 35.6 Å². The maximum atomic E-state index is 12.1. The van der Waals surface area contributed by atoms with E-state index in [0.717, 1.165) is 16.4 Å². The van der Waals surface area contributed by atoms with E-state index < -0.39 is 7.14 Å². The Morgan fingerprint density at radius 2 is 1.62 bits per heavy atom. The van der Waals surface area contributed by atoms with Crippen molar-refractivity contribution in [3.63, 3.8) is 0 Å². The summed E-state index contributed by atoms with van der Waals surface area (Å²) in [5.74, 6) is 0. The Balaban J connectivity index is 1.97. The van der Waals surface area contributed by atoms with Gasteiger partial charge in [0.15, 0.2) is 0 Å². The van der Waals surface area contributed by atoms with Gasteiger partial charge in [-0.3, -0.25) is 0 Å². The van der Waals surface area contributed by atoms with Gasteiger partial charge >= 0.3 is 0 Å². The molecule has 0 spiro atoms. The molecule has 2 nitrogen and oxygen atoms in total. The summed E-state index contributed by atoms with van der Waals surface area (Å²) in [6.07, 6.45) is 0. The Bertz CT molecular complexity index is 682. The van der Waals surface area contributed by atoms with Crippen LogP contribution in [-0.2, 0) is 17.7 Å². The Morgan fingerprint density at radius 1 is 0.952 bits per heavy atom. The quantitative estimate of drug-likeness (QED) is 0.809. The first kappa shape index (κ1) is 16.6. The maximum Gasteiger partial charge on any atom is 0.109 e. The zero-order valence-electron chi connectivity index (χ0n) is 12.1. The highest BCUT2D eigenvalue weighted by Gasteiger charge is 2.10. The normalized spacial score (nSPS) is 11.6. The number of halogens is 2. The van der Waals surface area contributed by atoms with Crippen LogP contribution in [0.25, 0.3) is 0 Å². The van der Waals surface area contributed by atoms with Crippen LogP contribution < -0.4 is 10.6 Å². The van der Waals surface area contributed by atoms with Crippen molar-refractivity contribution in [2.24, 2.45) is 0 Å². The van der Waals surface area contributed by atoms with Gasteiger partial charge < -0.3 is 9.88 Å². The van der Waals surface area contributed by atoms with Crippen molar-refractivity contribution in [1.82, 2.24) is 5.32 Å². The molecular formula is C16H18Cl2NOP. The molecule has 112 valence electrons. The summed E-state index contributed by atoms with van der Waals surface area (Å²) in [6.45, 7) is 5.00. The monoisotopic (exact) mass is 341 g/mol. The lowest BCUT2D eigenvalue weighted by atomic mass is 10.2. The summed E-state index contributed by atoms with van der Waals surface area (Å²) in [5.41, 5.74) is 2.20. The van der Waals surface area contributed by atoms with Crippen LogP contribution in [0.3, 0.4) is 0 Å². The molecule has 0 heterocycles. The average molecular weight is 342 g/mol. The van der Waals surface area contributed by atoms with Gasteiger partial charge in [0.1, 0.15) is 7.14 Å². The minimum atomic E-state index is -2.21. The summed E-state index contributed by atoms with van der Waals surface area (Å²) >= 11 is 11.9. The maximum absolute atomic E-state index is 12.1. The minimum Gasteiger partial charge on any atom is -0.319 e. The SMILES string of the molecule is CP(C)(=O)c1cccc(CNCc2ccc(Cl)c(Cl)c2)c1. The summed E-state index contributed by atoms with van der Waals surface area (Å²) in [6, 6.07) is 13.5. The van der Waals surface area contributed by atoms with E-state index in [4.69, 9.17) is 23.2 Å². The van der Waals surface area contributed by atoms with E-state index in [0.29, 0.717) is 23.1 Å². The minimum absolute atomic E-state index is 0.565. The van der Waals surface area contributed by atoms with Gasteiger partial charge in [-0.15, -0.1) is 0 Å². The molecule has 21 heavy (non-hydrogen) atoms. The summed E-state index contributed by atoms with van der Waals surface area (Å²) in [4.78, 5) is 0. The number of benzene rings is 2. The highest BCUT2D eigenvalue weighted by molar-refractivity contribution is 7.70. The fraction of sp³-hybridized carbons (Fsp3) is 0.250.